The zero-order valence-corrected chi connectivity index (χ0v) is 7.14. The highest BCUT2D eigenvalue weighted by atomic mass is 16.3. The Morgan fingerprint density at radius 3 is 2.58 bits per heavy atom. The van der Waals surface area contributed by atoms with Gasteiger partial charge in [0.2, 0.25) is 0 Å². The van der Waals surface area contributed by atoms with E-state index in [1.165, 1.54) is 0 Å². The van der Waals surface area contributed by atoms with Crippen LogP contribution in [-0.2, 0) is 13.5 Å². The largest absolute Gasteiger partial charge is 0.396 e. The van der Waals surface area contributed by atoms with Gasteiger partial charge in [-0.3, -0.25) is 4.68 Å². The maximum absolute atomic E-state index is 8.81. The molecule has 0 spiro atoms. The molecule has 68 valence electrons. The van der Waals surface area contributed by atoms with Crippen LogP contribution in [0.1, 0.15) is 5.56 Å². The van der Waals surface area contributed by atoms with E-state index >= 15 is 0 Å². The van der Waals surface area contributed by atoms with E-state index in [0.29, 0.717) is 6.42 Å². The Bertz CT molecular complexity index is 231. The molecule has 0 amide bonds. The lowest BCUT2D eigenvalue weighted by molar-refractivity contribution is 0.150. The molecule has 1 aromatic heterocycles. The third kappa shape index (κ3) is 2.32. The zero-order chi connectivity index (χ0) is 8.97. The van der Waals surface area contributed by atoms with E-state index in [4.69, 9.17) is 10.2 Å². The number of nitrogens with zero attached hydrogens (tertiary/aromatic N) is 2. The quantitative estimate of drug-likeness (QED) is 0.644. The number of aliphatic hydroxyl groups is 2. The first kappa shape index (κ1) is 9.22. The molecule has 12 heavy (non-hydrogen) atoms. The SMILES string of the molecule is Cn1cc(CC(CO)CO)cn1. The van der Waals surface area contributed by atoms with Crippen molar-refractivity contribution in [1.82, 2.24) is 9.78 Å². The second kappa shape index (κ2) is 4.23. The van der Waals surface area contributed by atoms with Crippen molar-refractivity contribution in [3.05, 3.63) is 18.0 Å². The van der Waals surface area contributed by atoms with Crippen LogP contribution in [0.5, 0.6) is 0 Å². The van der Waals surface area contributed by atoms with Gasteiger partial charge in [0.1, 0.15) is 0 Å². The van der Waals surface area contributed by atoms with Gasteiger partial charge in [0.15, 0.2) is 0 Å². The molecule has 0 saturated carbocycles. The Hall–Kier alpha value is -0.870. The summed E-state index contributed by atoms with van der Waals surface area (Å²) in [7, 11) is 1.84. The molecule has 0 aliphatic carbocycles. The van der Waals surface area contributed by atoms with Crippen LogP contribution >= 0.6 is 0 Å². The van der Waals surface area contributed by atoms with Crippen molar-refractivity contribution in [3.8, 4) is 0 Å². The smallest absolute Gasteiger partial charge is 0.0521 e. The van der Waals surface area contributed by atoms with Gasteiger partial charge < -0.3 is 10.2 Å². The molecule has 0 atom stereocenters. The lowest BCUT2D eigenvalue weighted by atomic mass is 10.0. The lowest BCUT2D eigenvalue weighted by Gasteiger charge is -2.07. The topological polar surface area (TPSA) is 58.3 Å². The number of rotatable bonds is 4. The van der Waals surface area contributed by atoms with Crippen LogP contribution in [0.3, 0.4) is 0 Å². The first-order chi connectivity index (χ1) is 5.76. The van der Waals surface area contributed by atoms with Crippen LogP contribution in [0, 0.1) is 5.92 Å². The van der Waals surface area contributed by atoms with Crippen molar-refractivity contribution in [1.29, 1.82) is 0 Å². The molecule has 4 heteroatoms. The molecule has 0 unspecified atom stereocenters. The molecule has 0 aliphatic rings. The van der Waals surface area contributed by atoms with Crippen LogP contribution < -0.4 is 0 Å². The highest BCUT2D eigenvalue weighted by molar-refractivity contribution is 5.04. The van der Waals surface area contributed by atoms with Gasteiger partial charge in [-0.05, 0) is 12.0 Å². The predicted molar refractivity (Wildman–Crippen MR) is 44.6 cm³/mol. The van der Waals surface area contributed by atoms with Crippen LogP contribution in [-0.4, -0.2) is 33.2 Å². The Morgan fingerprint density at radius 2 is 2.17 bits per heavy atom. The maximum atomic E-state index is 8.81. The molecule has 2 N–H and O–H groups in total. The summed E-state index contributed by atoms with van der Waals surface area (Å²) in [5.74, 6) is -0.0609. The average Bonchev–Trinajstić information content (AvgIpc) is 2.47. The van der Waals surface area contributed by atoms with E-state index in [1.807, 2.05) is 13.2 Å². The van der Waals surface area contributed by atoms with Crippen molar-refractivity contribution in [2.24, 2.45) is 13.0 Å². The second-order valence-electron chi connectivity index (χ2n) is 2.96. The molecular weight excluding hydrogens is 156 g/mol. The fourth-order valence-corrected chi connectivity index (χ4v) is 1.10. The summed E-state index contributed by atoms with van der Waals surface area (Å²) in [5, 5.41) is 21.6. The monoisotopic (exact) mass is 170 g/mol. The molecule has 1 heterocycles. The molecule has 4 nitrogen and oxygen atoms in total. The number of aromatic nitrogens is 2. The second-order valence-corrected chi connectivity index (χ2v) is 2.96. The molecule has 0 saturated heterocycles. The van der Waals surface area contributed by atoms with E-state index in [2.05, 4.69) is 5.10 Å². The lowest BCUT2D eigenvalue weighted by Crippen LogP contribution is -2.13. The summed E-state index contributed by atoms with van der Waals surface area (Å²) in [6.07, 6.45) is 4.32. The molecule has 1 aromatic rings. The molecule has 0 fully saturated rings. The van der Waals surface area contributed by atoms with E-state index < -0.39 is 0 Å². The van der Waals surface area contributed by atoms with Gasteiger partial charge >= 0.3 is 0 Å². The molecule has 0 aromatic carbocycles. The van der Waals surface area contributed by atoms with E-state index in [-0.39, 0.29) is 19.1 Å². The fourth-order valence-electron chi connectivity index (χ4n) is 1.10. The molecular formula is C8H14N2O2. The van der Waals surface area contributed by atoms with Gasteiger partial charge in [0.25, 0.3) is 0 Å². The highest BCUT2D eigenvalue weighted by Crippen LogP contribution is 2.06. The number of aryl methyl sites for hydroxylation is 1. The van der Waals surface area contributed by atoms with Gasteiger partial charge in [0, 0.05) is 32.4 Å². The van der Waals surface area contributed by atoms with Crippen molar-refractivity contribution in [2.75, 3.05) is 13.2 Å². The predicted octanol–water partition coefficient (Wildman–Crippen LogP) is -0.437. The van der Waals surface area contributed by atoms with Gasteiger partial charge in [-0.1, -0.05) is 0 Å². The Kier molecular flexibility index (Phi) is 3.25. The maximum Gasteiger partial charge on any atom is 0.0521 e. The first-order valence-corrected chi connectivity index (χ1v) is 3.95. The molecule has 0 radical (unpaired) electrons. The van der Waals surface area contributed by atoms with Crippen LogP contribution in [0.15, 0.2) is 12.4 Å². The van der Waals surface area contributed by atoms with E-state index in [0.717, 1.165) is 5.56 Å². The molecule has 1 rings (SSSR count). The first-order valence-electron chi connectivity index (χ1n) is 3.95. The molecule has 0 bridgehead atoms. The number of aliphatic hydroxyl groups excluding tert-OH is 2. The minimum absolute atomic E-state index is 0.0192. The zero-order valence-electron chi connectivity index (χ0n) is 7.14. The molecule has 0 aliphatic heterocycles. The third-order valence-corrected chi connectivity index (χ3v) is 1.80. The van der Waals surface area contributed by atoms with Crippen LogP contribution in [0.2, 0.25) is 0 Å². The summed E-state index contributed by atoms with van der Waals surface area (Å²) in [4.78, 5) is 0. The average molecular weight is 170 g/mol. The summed E-state index contributed by atoms with van der Waals surface area (Å²) in [5.41, 5.74) is 1.05. The van der Waals surface area contributed by atoms with Gasteiger partial charge in [-0.25, -0.2) is 0 Å². The van der Waals surface area contributed by atoms with Crippen molar-refractivity contribution in [3.63, 3.8) is 0 Å². The summed E-state index contributed by atoms with van der Waals surface area (Å²) < 4.78 is 1.71. The van der Waals surface area contributed by atoms with Crippen molar-refractivity contribution in [2.45, 2.75) is 6.42 Å². The standard InChI is InChI=1S/C8H14N2O2/c1-10-4-7(3-9-10)2-8(5-11)6-12/h3-4,8,11-12H,2,5-6H2,1H3. The van der Waals surface area contributed by atoms with Crippen LogP contribution in [0.25, 0.3) is 0 Å². The Labute approximate surface area is 71.5 Å². The Morgan fingerprint density at radius 1 is 1.50 bits per heavy atom. The highest BCUT2D eigenvalue weighted by Gasteiger charge is 2.07. The van der Waals surface area contributed by atoms with Gasteiger partial charge in [0.05, 0.1) is 6.20 Å². The van der Waals surface area contributed by atoms with Crippen molar-refractivity contribution >= 4 is 0 Å². The summed E-state index contributed by atoms with van der Waals surface area (Å²) >= 11 is 0. The minimum Gasteiger partial charge on any atom is -0.396 e. The summed E-state index contributed by atoms with van der Waals surface area (Å²) in [6, 6.07) is 0. The van der Waals surface area contributed by atoms with Gasteiger partial charge in [-0.2, -0.15) is 5.10 Å². The third-order valence-electron chi connectivity index (χ3n) is 1.80. The summed E-state index contributed by atoms with van der Waals surface area (Å²) in [6.45, 7) is 0.0385. The normalized spacial score (nSPS) is 11.0. The number of hydrogen-bond acceptors (Lipinski definition) is 3. The van der Waals surface area contributed by atoms with Gasteiger partial charge in [-0.15, -0.1) is 0 Å². The number of hydrogen-bond donors (Lipinski definition) is 2. The van der Waals surface area contributed by atoms with E-state index in [9.17, 15) is 0 Å². The minimum atomic E-state index is -0.0609. The Balaban J connectivity index is 2.50. The fraction of sp³-hybridized carbons (Fsp3) is 0.625. The van der Waals surface area contributed by atoms with Crippen molar-refractivity contribution < 1.29 is 10.2 Å². The van der Waals surface area contributed by atoms with E-state index in [1.54, 1.807) is 10.9 Å². The van der Waals surface area contributed by atoms with Crippen LogP contribution in [0.4, 0.5) is 0 Å².